The van der Waals surface area contributed by atoms with Gasteiger partial charge in [-0.25, -0.2) is 4.79 Å². The maximum atomic E-state index is 12.4. The van der Waals surface area contributed by atoms with E-state index in [1.165, 1.54) is 0 Å². The van der Waals surface area contributed by atoms with Gasteiger partial charge in [0.05, 0.1) is 6.10 Å². The Balaban J connectivity index is 1.48. The highest BCUT2D eigenvalue weighted by Gasteiger charge is 2.22. The highest BCUT2D eigenvalue weighted by molar-refractivity contribution is 7.99. The van der Waals surface area contributed by atoms with E-state index < -0.39 is 0 Å². The van der Waals surface area contributed by atoms with Crippen LogP contribution in [0.25, 0.3) is 0 Å². The van der Waals surface area contributed by atoms with Crippen LogP contribution in [0.3, 0.4) is 0 Å². The normalized spacial score (nSPS) is 20.6. The number of hydrogen-bond donors (Lipinski definition) is 2. The number of amides is 3. The Morgan fingerprint density at radius 1 is 1.19 bits per heavy atom. The molecule has 2 fully saturated rings. The summed E-state index contributed by atoms with van der Waals surface area (Å²) in [6.45, 7) is 1.32. The molecule has 6 nitrogen and oxygen atoms in total. The fraction of sp³-hybridized carbons (Fsp3) is 0.579. The van der Waals surface area contributed by atoms with Crippen LogP contribution >= 0.6 is 11.8 Å². The number of rotatable bonds is 5. The van der Waals surface area contributed by atoms with Crippen molar-refractivity contribution >= 4 is 29.4 Å². The predicted molar refractivity (Wildman–Crippen MR) is 105 cm³/mol. The van der Waals surface area contributed by atoms with Crippen molar-refractivity contribution in [1.82, 2.24) is 10.2 Å². The summed E-state index contributed by atoms with van der Waals surface area (Å²) in [4.78, 5) is 26.4. The van der Waals surface area contributed by atoms with Crippen LogP contribution in [-0.4, -0.2) is 60.7 Å². The zero-order valence-corrected chi connectivity index (χ0v) is 16.0. The van der Waals surface area contributed by atoms with E-state index in [-0.39, 0.29) is 18.0 Å². The fourth-order valence-electron chi connectivity index (χ4n) is 3.27. The molecule has 1 atom stereocenters. The zero-order chi connectivity index (χ0) is 18.4. The molecule has 0 bridgehead atoms. The van der Waals surface area contributed by atoms with Crippen molar-refractivity contribution in [2.45, 2.75) is 37.8 Å². The highest BCUT2D eigenvalue weighted by atomic mass is 32.2. The van der Waals surface area contributed by atoms with Gasteiger partial charge in [-0.05, 0) is 61.5 Å². The number of hydrogen-bond acceptors (Lipinski definition) is 4. The molecule has 2 N–H and O–H groups in total. The minimum absolute atomic E-state index is 0.0996. The largest absolute Gasteiger partial charge is 0.376 e. The Bertz CT molecular complexity index is 611. The monoisotopic (exact) mass is 377 g/mol. The van der Waals surface area contributed by atoms with Crippen molar-refractivity contribution in [1.29, 1.82) is 0 Å². The first kappa shape index (κ1) is 19.0. The molecule has 0 unspecified atom stereocenters. The number of urea groups is 1. The average Bonchev–Trinajstić information content (AvgIpc) is 3.20. The molecule has 1 aromatic carbocycles. The van der Waals surface area contributed by atoms with Gasteiger partial charge in [0, 0.05) is 37.5 Å². The van der Waals surface area contributed by atoms with E-state index in [0.29, 0.717) is 23.8 Å². The second-order valence-corrected chi connectivity index (χ2v) is 8.03. The Kier molecular flexibility index (Phi) is 6.80. The molecule has 0 spiro atoms. The molecule has 26 heavy (non-hydrogen) atoms. The van der Waals surface area contributed by atoms with E-state index in [1.807, 2.05) is 18.8 Å². The standard InChI is InChI=1S/C19H27N3O3S/c1-22(16-8-11-26-12-9-16)19(24)21-15-6-4-14(5-7-15)18(23)20-13-17-3-2-10-25-17/h4-7,16-17H,2-3,8-13H2,1H3,(H,20,23)(H,21,24)/t17-/m1/s1. The highest BCUT2D eigenvalue weighted by Crippen LogP contribution is 2.21. The molecular weight excluding hydrogens is 350 g/mol. The number of nitrogens with zero attached hydrogens (tertiary/aromatic N) is 1. The van der Waals surface area contributed by atoms with Gasteiger partial charge in [-0.15, -0.1) is 0 Å². The fourth-order valence-corrected chi connectivity index (χ4v) is 4.35. The van der Waals surface area contributed by atoms with E-state index in [1.54, 1.807) is 29.2 Å². The summed E-state index contributed by atoms with van der Waals surface area (Å²) in [7, 11) is 1.85. The lowest BCUT2D eigenvalue weighted by Crippen LogP contribution is -2.41. The quantitative estimate of drug-likeness (QED) is 0.828. The Labute approximate surface area is 159 Å². The molecule has 142 valence electrons. The second-order valence-electron chi connectivity index (χ2n) is 6.81. The van der Waals surface area contributed by atoms with Gasteiger partial charge in [0.25, 0.3) is 5.91 Å². The van der Waals surface area contributed by atoms with Crippen LogP contribution in [0.2, 0.25) is 0 Å². The second kappa shape index (κ2) is 9.28. The van der Waals surface area contributed by atoms with Gasteiger partial charge in [0.15, 0.2) is 0 Å². The molecule has 2 heterocycles. The summed E-state index contributed by atoms with van der Waals surface area (Å²) in [6, 6.07) is 7.21. The first-order chi connectivity index (χ1) is 12.6. The lowest BCUT2D eigenvalue weighted by molar-refractivity contribution is 0.0858. The van der Waals surface area contributed by atoms with Crippen LogP contribution in [0.5, 0.6) is 0 Å². The molecule has 0 aliphatic carbocycles. The number of benzene rings is 1. The molecule has 2 aliphatic heterocycles. The van der Waals surface area contributed by atoms with E-state index in [4.69, 9.17) is 4.74 Å². The van der Waals surface area contributed by atoms with E-state index in [9.17, 15) is 9.59 Å². The lowest BCUT2D eigenvalue weighted by Gasteiger charge is -2.31. The first-order valence-electron chi connectivity index (χ1n) is 9.25. The molecule has 0 saturated carbocycles. The first-order valence-corrected chi connectivity index (χ1v) is 10.4. The summed E-state index contributed by atoms with van der Waals surface area (Å²) in [5.74, 6) is 2.10. The van der Waals surface area contributed by atoms with Crippen molar-refractivity contribution in [3.63, 3.8) is 0 Å². The third-order valence-electron chi connectivity index (χ3n) is 4.97. The SMILES string of the molecule is CN(C(=O)Nc1ccc(C(=O)NC[C@H]2CCCO2)cc1)C1CCSCC1. The summed E-state index contributed by atoms with van der Waals surface area (Å²) >= 11 is 1.94. The molecule has 2 saturated heterocycles. The smallest absolute Gasteiger partial charge is 0.321 e. The minimum atomic E-state index is -0.116. The molecule has 7 heteroatoms. The number of thioether (sulfide) groups is 1. The van der Waals surface area contributed by atoms with Crippen LogP contribution in [0.15, 0.2) is 24.3 Å². The van der Waals surface area contributed by atoms with E-state index >= 15 is 0 Å². The van der Waals surface area contributed by atoms with Crippen LogP contribution < -0.4 is 10.6 Å². The van der Waals surface area contributed by atoms with Crippen molar-refractivity contribution in [3.05, 3.63) is 29.8 Å². The van der Waals surface area contributed by atoms with Gasteiger partial charge in [-0.2, -0.15) is 11.8 Å². The maximum absolute atomic E-state index is 12.4. The summed E-state index contributed by atoms with van der Waals surface area (Å²) < 4.78 is 5.51. The Morgan fingerprint density at radius 2 is 1.92 bits per heavy atom. The molecule has 3 rings (SSSR count). The van der Waals surface area contributed by atoms with E-state index in [0.717, 1.165) is 43.8 Å². The third-order valence-corrected chi connectivity index (χ3v) is 6.02. The zero-order valence-electron chi connectivity index (χ0n) is 15.2. The number of carbonyl (C=O) groups excluding carboxylic acids is 2. The Hall–Kier alpha value is -1.73. The van der Waals surface area contributed by atoms with Gasteiger partial charge in [0.2, 0.25) is 0 Å². The molecule has 1 aromatic rings. The van der Waals surface area contributed by atoms with Gasteiger partial charge in [-0.1, -0.05) is 0 Å². The van der Waals surface area contributed by atoms with Crippen LogP contribution in [0.4, 0.5) is 10.5 Å². The van der Waals surface area contributed by atoms with Gasteiger partial charge in [-0.3, -0.25) is 4.79 Å². The molecular formula is C19H27N3O3S. The number of ether oxygens (including phenoxy) is 1. The van der Waals surface area contributed by atoms with Crippen molar-refractivity contribution in [2.75, 3.05) is 37.0 Å². The number of anilines is 1. The summed E-state index contributed by atoms with van der Waals surface area (Å²) in [5.41, 5.74) is 1.28. The molecule has 3 amide bonds. The minimum Gasteiger partial charge on any atom is -0.376 e. The molecule has 0 radical (unpaired) electrons. The lowest BCUT2D eigenvalue weighted by atomic mass is 10.1. The van der Waals surface area contributed by atoms with Gasteiger partial charge in [0.1, 0.15) is 0 Å². The number of nitrogens with one attached hydrogen (secondary N) is 2. The van der Waals surface area contributed by atoms with Crippen molar-refractivity contribution in [2.24, 2.45) is 0 Å². The summed E-state index contributed by atoms with van der Waals surface area (Å²) in [6.07, 6.45) is 4.27. The van der Waals surface area contributed by atoms with Crippen LogP contribution in [0, 0.1) is 0 Å². The molecule has 2 aliphatic rings. The van der Waals surface area contributed by atoms with Crippen LogP contribution in [0.1, 0.15) is 36.0 Å². The van der Waals surface area contributed by atoms with Gasteiger partial charge < -0.3 is 20.3 Å². The van der Waals surface area contributed by atoms with Crippen molar-refractivity contribution in [3.8, 4) is 0 Å². The third kappa shape index (κ3) is 5.14. The number of carbonyl (C=O) groups is 2. The Morgan fingerprint density at radius 3 is 2.58 bits per heavy atom. The van der Waals surface area contributed by atoms with Crippen LogP contribution in [-0.2, 0) is 4.74 Å². The average molecular weight is 378 g/mol. The van der Waals surface area contributed by atoms with Crippen molar-refractivity contribution < 1.29 is 14.3 Å². The topological polar surface area (TPSA) is 70.7 Å². The maximum Gasteiger partial charge on any atom is 0.321 e. The molecule has 0 aromatic heterocycles. The predicted octanol–water partition coefficient (Wildman–Crippen LogP) is 2.95. The van der Waals surface area contributed by atoms with Gasteiger partial charge >= 0.3 is 6.03 Å². The summed E-state index contributed by atoms with van der Waals surface area (Å²) in [5, 5.41) is 5.81. The van der Waals surface area contributed by atoms with E-state index in [2.05, 4.69) is 10.6 Å².